The van der Waals surface area contributed by atoms with Crippen LogP contribution in [0, 0.1) is 0 Å². The molecule has 0 spiro atoms. The summed E-state index contributed by atoms with van der Waals surface area (Å²) in [5.41, 5.74) is 0. The van der Waals surface area contributed by atoms with Crippen LogP contribution in [0.4, 0.5) is 4.79 Å². The lowest BCUT2D eigenvalue weighted by atomic mass is 10.3. The number of rotatable bonds is 2. The largest absolute Gasteiger partial charge is 0.478 e. The molecule has 2 heterocycles. The zero-order valence-corrected chi connectivity index (χ0v) is 7.51. The van der Waals surface area contributed by atoms with Crippen molar-refractivity contribution in [3.8, 4) is 0 Å². The van der Waals surface area contributed by atoms with E-state index in [2.05, 4.69) is 4.74 Å². The molecule has 14 heavy (non-hydrogen) atoms. The van der Waals surface area contributed by atoms with Gasteiger partial charge in [-0.3, -0.25) is 4.90 Å². The summed E-state index contributed by atoms with van der Waals surface area (Å²) in [6.07, 6.45) is -0.295. The summed E-state index contributed by atoms with van der Waals surface area (Å²) in [6.45, 7) is 0.699. The number of nitrogens with zero attached hydrogens (tertiary/aromatic N) is 1. The average molecular weight is 201 g/mol. The van der Waals surface area contributed by atoms with Gasteiger partial charge in [-0.1, -0.05) is 0 Å². The number of cyclic esters (lactones) is 1. The molecule has 0 radical (unpaired) electrons. The second-order valence-corrected chi connectivity index (χ2v) is 3.33. The highest BCUT2D eigenvalue weighted by atomic mass is 16.6. The Bertz CT molecular complexity index is 260. The monoisotopic (exact) mass is 201 g/mol. The van der Waals surface area contributed by atoms with Gasteiger partial charge in [0, 0.05) is 6.61 Å². The molecule has 1 unspecified atom stereocenters. The Morgan fingerprint density at radius 1 is 1.57 bits per heavy atom. The number of carbonyl (C=O) groups excluding carboxylic acids is 1. The third kappa shape index (κ3) is 1.52. The van der Waals surface area contributed by atoms with E-state index in [0.29, 0.717) is 6.61 Å². The van der Waals surface area contributed by atoms with Crippen molar-refractivity contribution < 1.29 is 24.2 Å². The summed E-state index contributed by atoms with van der Waals surface area (Å²) in [5.74, 6) is -1.11. The molecule has 0 saturated carbocycles. The second kappa shape index (κ2) is 3.45. The lowest BCUT2D eigenvalue weighted by Gasteiger charge is -2.19. The van der Waals surface area contributed by atoms with E-state index in [1.54, 1.807) is 0 Å². The zero-order valence-electron chi connectivity index (χ0n) is 7.51. The zero-order chi connectivity index (χ0) is 10.1. The van der Waals surface area contributed by atoms with Crippen molar-refractivity contribution in [2.45, 2.75) is 25.2 Å². The number of carboxylic acids is 1. The van der Waals surface area contributed by atoms with Gasteiger partial charge in [0.25, 0.3) is 0 Å². The van der Waals surface area contributed by atoms with Gasteiger partial charge in [0.05, 0.1) is 6.54 Å². The minimum atomic E-state index is -1.11. The Kier molecular flexibility index (Phi) is 2.28. The van der Waals surface area contributed by atoms with Crippen molar-refractivity contribution in [2.75, 3.05) is 13.2 Å². The van der Waals surface area contributed by atoms with Crippen molar-refractivity contribution in [1.29, 1.82) is 0 Å². The van der Waals surface area contributed by atoms with Crippen LogP contribution in [0.2, 0.25) is 0 Å². The molecule has 78 valence electrons. The van der Waals surface area contributed by atoms with Gasteiger partial charge >= 0.3 is 12.1 Å². The van der Waals surface area contributed by atoms with Gasteiger partial charge in [-0.05, 0) is 12.8 Å². The molecule has 2 fully saturated rings. The predicted molar refractivity (Wildman–Crippen MR) is 43.6 cm³/mol. The molecule has 0 aromatic heterocycles. The molecule has 2 aliphatic heterocycles. The predicted octanol–water partition coefficient (Wildman–Crippen LogP) is 0.0283. The van der Waals surface area contributed by atoms with Gasteiger partial charge in [-0.15, -0.1) is 0 Å². The van der Waals surface area contributed by atoms with E-state index in [0.717, 1.165) is 12.8 Å². The number of carboxylic acid groups (broad SMARTS) is 1. The van der Waals surface area contributed by atoms with E-state index < -0.39 is 18.2 Å². The van der Waals surface area contributed by atoms with Gasteiger partial charge < -0.3 is 14.6 Å². The van der Waals surface area contributed by atoms with Crippen LogP contribution in [0.25, 0.3) is 0 Å². The second-order valence-electron chi connectivity index (χ2n) is 3.33. The Hall–Kier alpha value is -1.30. The molecular formula is C8H11NO5. The normalized spacial score (nSPS) is 32.0. The summed E-state index contributed by atoms with van der Waals surface area (Å²) in [5, 5.41) is 8.65. The first-order chi connectivity index (χ1) is 6.68. The van der Waals surface area contributed by atoms with E-state index in [1.165, 1.54) is 4.90 Å². The SMILES string of the molecule is O=C(O)[C@H]1CN(C2CCCO2)C(=O)O1. The summed E-state index contributed by atoms with van der Waals surface area (Å²) in [4.78, 5) is 23.1. The minimum Gasteiger partial charge on any atom is -0.478 e. The molecule has 2 rings (SSSR count). The van der Waals surface area contributed by atoms with E-state index in [1.807, 2.05) is 0 Å². The van der Waals surface area contributed by atoms with E-state index in [9.17, 15) is 9.59 Å². The van der Waals surface area contributed by atoms with Crippen LogP contribution in [-0.4, -0.2) is 47.6 Å². The molecule has 0 aromatic carbocycles. The molecule has 2 atom stereocenters. The molecule has 0 bridgehead atoms. The van der Waals surface area contributed by atoms with Crippen LogP contribution in [0.1, 0.15) is 12.8 Å². The Morgan fingerprint density at radius 2 is 2.36 bits per heavy atom. The van der Waals surface area contributed by atoms with Crippen LogP contribution < -0.4 is 0 Å². The van der Waals surface area contributed by atoms with E-state index in [4.69, 9.17) is 9.84 Å². The van der Waals surface area contributed by atoms with Crippen LogP contribution in [0.5, 0.6) is 0 Å². The van der Waals surface area contributed by atoms with Gasteiger partial charge in [0.15, 0.2) is 0 Å². The Morgan fingerprint density at radius 3 is 2.86 bits per heavy atom. The number of ether oxygens (including phenoxy) is 2. The van der Waals surface area contributed by atoms with Crippen molar-refractivity contribution in [2.24, 2.45) is 0 Å². The van der Waals surface area contributed by atoms with Crippen LogP contribution in [-0.2, 0) is 14.3 Å². The molecule has 1 amide bonds. The van der Waals surface area contributed by atoms with Crippen molar-refractivity contribution in [3.63, 3.8) is 0 Å². The maximum absolute atomic E-state index is 11.2. The first-order valence-electron chi connectivity index (χ1n) is 4.50. The van der Waals surface area contributed by atoms with Crippen molar-refractivity contribution >= 4 is 12.1 Å². The minimum absolute atomic E-state index is 0.0822. The van der Waals surface area contributed by atoms with Crippen molar-refractivity contribution in [3.05, 3.63) is 0 Å². The lowest BCUT2D eigenvalue weighted by Crippen LogP contribution is -2.36. The molecule has 2 saturated heterocycles. The summed E-state index contributed by atoms with van der Waals surface area (Å²) >= 11 is 0. The number of amides is 1. The molecule has 0 aliphatic carbocycles. The quantitative estimate of drug-likeness (QED) is 0.682. The van der Waals surface area contributed by atoms with Crippen molar-refractivity contribution in [1.82, 2.24) is 4.90 Å². The van der Waals surface area contributed by atoms with Gasteiger partial charge in [-0.2, -0.15) is 0 Å². The highest BCUT2D eigenvalue weighted by Crippen LogP contribution is 2.22. The van der Waals surface area contributed by atoms with Gasteiger partial charge in [0.1, 0.15) is 6.23 Å². The Labute approximate surface area is 80.4 Å². The average Bonchev–Trinajstić information content (AvgIpc) is 2.71. The van der Waals surface area contributed by atoms with Gasteiger partial charge in [0.2, 0.25) is 6.10 Å². The third-order valence-electron chi connectivity index (χ3n) is 2.37. The molecule has 6 nitrogen and oxygen atoms in total. The number of hydrogen-bond acceptors (Lipinski definition) is 4. The highest BCUT2D eigenvalue weighted by molar-refractivity contribution is 5.81. The summed E-state index contributed by atoms with van der Waals surface area (Å²) in [6, 6.07) is 0. The van der Waals surface area contributed by atoms with Crippen LogP contribution >= 0.6 is 0 Å². The number of carbonyl (C=O) groups is 2. The van der Waals surface area contributed by atoms with E-state index >= 15 is 0 Å². The number of aliphatic carboxylic acids is 1. The highest BCUT2D eigenvalue weighted by Gasteiger charge is 2.41. The fourth-order valence-electron chi connectivity index (χ4n) is 1.65. The fraction of sp³-hybridized carbons (Fsp3) is 0.750. The first kappa shape index (κ1) is 9.26. The third-order valence-corrected chi connectivity index (χ3v) is 2.37. The maximum Gasteiger partial charge on any atom is 0.412 e. The maximum atomic E-state index is 11.2. The molecular weight excluding hydrogens is 190 g/mol. The Balaban J connectivity index is 2.00. The first-order valence-corrected chi connectivity index (χ1v) is 4.50. The molecule has 1 N–H and O–H groups in total. The smallest absolute Gasteiger partial charge is 0.412 e. The van der Waals surface area contributed by atoms with Crippen LogP contribution in [0.15, 0.2) is 0 Å². The summed E-state index contributed by atoms with van der Waals surface area (Å²) < 4.78 is 9.92. The fourth-order valence-corrected chi connectivity index (χ4v) is 1.65. The molecule has 6 heteroatoms. The molecule has 2 aliphatic rings. The topological polar surface area (TPSA) is 76.1 Å². The summed E-state index contributed by atoms with van der Waals surface area (Å²) in [7, 11) is 0. The van der Waals surface area contributed by atoms with Crippen LogP contribution in [0.3, 0.4) is 0 Å². The molecule has 0 aromatic rings. The standard InChI is InChI=1S/C8H11NO5/c10-7(11)5-4-9(8(12)14-5)6-2-1-3-13-6/h5-6H,1-4H2,(H,10,11)/t5-,6?/m1/s1. The van der Waals surface area contributed by atoms with Gasteiger partial charge in [-0.25, -0.2) is 9.59 Å². The number of hydrogen-bond donors (Lipinski definition) is 1. The lowest BCUT2D eigenvalue weighted by molar-refractivity contribution is -0.144. The van der Waals surface area contributed by atoms with E-state index in [-0.39, 0.29) is 12.8 Å².